The number of benzene rings is 2. The maximum Gasteiger partial charge on any atom is 0.141 e. The van der Waals surface area contributed by atoms with Gasteiger partial charge >= 0.3 is 0 Å². The van der Waals surface area contributed by atoms with Gasteiger partial charge < -0.3 is 9.57 Å². The van der Waals surface area contributed by atoms with Crippen LogP contribution in [0.5, 0.6) is 0 Å². The highest BCUT2D eigenvalue weighted by atomic mass is 19.1. The minimum atomic E-state index is -0.285. The van der Waals surface area contributed by atoms with Crippen molar-refractivity contribution in [1.29, 1.82) is 0 Å². The molecule has 3 atom stereocenters. The Hall–Kier alpha value is -2.20. The molecule has 0 N–H and O–H groups in total. The van der Waals surface area contributed by atoms with Crippen LogP contribution in [-0.4, -0.2) is 17.9 Å². The van der Waals surface area contributed by atoms with E-state index in [2.05, 4.69) is 24.2 Å². The molecular weight excluding hydrogens is 317 g/mol. The summed E-state index contributed by atoms with van der Waals surface area (Å²) in [5, 5.41) is 4.42. The van der Waals surface area contributed by atoms with Crippen LogP contribution in [0.4, 0.5) is 4.39 Å². The van der Waals surface area contributed by atoms with Gasteiger partial charge in [0.05, 0.1) is 23.8 Å². The van der Waals surface area contributed by atoms with Crippen molar-refractivity contribution in [3.8, 4) is 0 Å². The molecule has 130 valence electrons. The van der Waals surface area contributed by atoms with Gasteiger partial charge in [-0.2, -0.15) is 0 Å². The van der Waals surface area contributed by atoms with Gasteiger partial charge in [0.2, 0.25) is 0 Å². The molecule has 25 heavy (non-hydrogen) atoms. The zero-order valence-electron chi connectivity index (χ0n) is 14.3. The Kier molecular flexibility index (Phi) is 4.30. The zero-order chi connectivity index (χ0) is 17.3. The van der Waals surface area contributed by atoms with E-state index in [0.29, 0.717) is 6.61 Å². The summed E-state index contributed by atoms with van der Waals surface area (Å²) in [4.78, 5) is 5.78. The van der Waals surface area contributed by atoms with Crippen molar-refractivity contribution in [2.75, 3.05) is 0 Å². The third kappa shape index (κ3) is 2.95. The molecule has 1 heterocycles. The van der Waals surface area contributed by atoms with Gasteiger partial charge in [-0.1, -0.05) is 47.6 Å². The largest absolute Gasteiger partial charge is 0.391 e. The van der Waals surface area contributed by atoms with E-state index >= 15 is 0 Å². The fraction of sp³-hybridized carbons (Fsp3) is 0.381. The minimum Gasteiger partial charge on any atom is -0.391 e. The van der Waals surface area contributed by atoms with Crippen LogP contribution in [0.25, 0.3) is 0 Å². The van der Waals surface area contributed by atoms with Crippen molar-refractivity contribution in [3.05, 3.63) is 71.5 Å². The number of ether oxygens (including phenoxy) is 1. The van der Waals surface area contributed by atoms with Crippen molar-refractivity contribution in [2.24, 2.45) is 10.6 Å². The lowest BCUT2D eigenvalue weighted by Gasteiger charge is -2.41. The van der Waals surface area contributed by atoms with Crippen LogP contribution in [0.1, 0.15) is 37.3 Å². The van der Waals surface area contributed by atoms with Gasteiger partial charge in [0.1, 0.15) is 11.9 Å². The van der Waals surface area contributed by atoms with E-state index in [1.165, 1.54) is 12.1 Å². The SMILES string of the molecule is CC12C(c3ccccc3)=NOC1CCCC2OCc1cccc(F)c1. The van der Waals surface area contributed by atoms with Gasteiger partial charge in [0.15, 0.2) is 0 Å². The van der Waals surface area contributed by atoms with Crippen LogP contribution in [0, 0.1) is 11.2 Å². The predicted molar refractivity (Wildman–Crippen MR) is 94.8 cm³/mol. The number of oxime groups is 1. The van der Waals surface area contributed by atoms with Crippen molar-refractivity contribution in [2.45, 2.75) is 45.0 Å². The first-order valence-electron chi connectivity index (χ1n) is 8.83. The Bertz CT molecular complexity index is 776. The highest BCUT2D eigenvalue weighted by Crippen LogP contribution is 2.46. The molecule has 1 fully saturated rings. The number of rotatable bonds is 4. The number of hydrogen-bond donors (Lipinski definition) is 0. The summed E-state index contributed by atoms with van der Waals surface area (Å²) >= 11 is 0. The van der Waals surface area contributed by atoms with Crippen molar-refractivity contribution in [1.82, 2.24) is 0 Å². The van der Waals surface area contributed by atoms with E-state index in [-0.39, 0.29) is 23.4 Å². The first kappa shape index (κ1) is 16.3. The molecule has 0 bridgehead atoms. The Labute approximate surface area is 147 Å². The second-order valence-electron chi connectivity index (χ2n) is 7.04. The molecule has 0 spiro atoms. The van der Waals surface area contributed by atoms with Gasteiger partial charge in [-0.3, -0.25) is 0 Å². The van der Waals surface area contributed by atoms with Crippen LogP contribution in [0.15, 0.2) is 59.8 Å². The molecule has 4 heteroatoms. The highest BCUT2D eigenvalue weighted by molar-refractivity contribution is 6.06. The lowest BCUT2D eigenvalue weighted by atomic mass is 9.67. The number of halogens is 1. The van der Waals surface area contributed by atoms with Crippen LogP contribution < -0.4 is 0 Å². The summed E-state index contributed by atoms with van der Waals surface area (Å²) in [6.07, 6.45) is 3.02. The third-order valence-corrected chi connectivity index (χ3v) is 5.44. The normalized spacial score (nSPS) is 28.2. The highest BCUT2D eigenvalue weighted by Gasteiger charge is 2.54. The van der Waals surface area contributed by atoms with E-state index in [9.17, 15) is 4.39 Å². The Morgan fingerprint density at radius 2 is 2.00 bits per heavy atom. The molecule has 3 unspecified atom stereocenters. The molecule has 0 radical (unpaired) electrons. The second-order valence-corrected chi connectivity index (χ2v) is 7.04. The fourth-order valence-corrected chi connectivity index (χ4v) is 4.02. The summed E-state index contributed by atoms with van der Waals surface area (Å²) in [6.45, 7) is 2.58. The molecule has 1 aliphatic carbocycles. The van der Waals surface area contributed by atoms with Crippen LogP contribution in [0.2, 0.25) is 0 Å². The fourth-order valence-electron chi connectivity index (χ4n) is 4.02. The molecule has 0 amide bonds. The van der Waals surface area contributed by atoms with E-state index in [0.717, 1.165) is 36.1 Å². The molecule has 0 saturated heterocycles. The van der Waals surface area contributed by atoms with E-state index in [1.807, 2.05) is 24.3 Å². The summed E-state index contributed by atoms with van der Waals surface area (Å²) in [7, 11) is 0. The van der Waals surface area contributed by atoms with Crippen molar-refractivity contribution >= 4 is 5.71 Å². The molecule has 4 rings (SSSR count). The first-order valence-corrected chi connectivity index (χ1v) is 8.83. The first-order chi connectivity index (χ1) is 12.2. The van der Waals surface area contributed by atoms with E-state index in [4.69, 9.17) is 9.57 Å². The topological polar surface area (TPSA) is 30.8 Å². The smallest absolute Gasteiger partial charge is 0.141 e. The molecule has 3 nitrogen and oxygen atoms in total. The Morgan fingerprint density at radius 1 is 1.16 bits per heavy atom. The van der Waals surface area contributed by atoms with E-state index in [1.54, 1.807) is 6.07 Å². The summed E-state index contributed by atoms with van der Waals surface area (Å²) in [6, 6.07) is 16.7. The van der Waals surface area contributed by atoms with Crippen LogP contribution in [-0.2, 0) is 16.2 Å². The maximum atomic E-state index is 13.4. The zero-order valence-corrected chi connectivity index (χ0v) is 14.3. The standard InChI is InChI=1S/C21H22FNO2/c1-21-18(24-14-15-7-5-10-17(22)13-15)11-6-12-19(21)25-23-20(21)16-8-3-2-4-9-16/h2-5,7-10,13,18-19H,6,11-12,14H2,1H3. The second kappa shape index (κ2) is 6.60. The average Bonchev–Trinajstić information content (AvgIpc) is 2.98. The lowest BCUT2D eigenvalue weighted by molar-refractivity contribution is -0.0973. The number of nitrogens with zero attached hydrogens (tertiary/aromatic N) is 1. The number of fused-ring (bicyclic) bond motifs is 1. The monoisotopic (exact) mass is 339 g/mol. The van der Waals surface area contributed by atoms with Gasteiger partial charge in [-0.25, -0.2) is 4.39 Å². The predicted octanol–water partition coefficient (Wildman–Crippen LogP) is 4.70. The van der Waals surface area contributed by atoms with Gasteiger partial charge in [0.25, 0.3) is 0 Å². The van der Waals surface area contributed by atoms with E-state index < -0.39 is 0 Å². The minimum absolute atomic E-state index is 0.00373. The molecule has 1 aliphatic heterocycles. The average molecular weight is 339 g/mol. The number of hydrogen-bond acceptors (Lipinski definition) is 3. The molecule has 2 aromatic carbocycles. The molecular formula is C21H22FNO2. The maximum absolute atomic E-state index is 13.4. The van der Waals surface area contributed by atoms with Gasteiger partial charge in [-0.15, -0.1) is 0 Å². The summed E-state index contributed by atoms with van der Waals surface area (Å²) in [5.41, 5.74) is 2.60. The quantitative estimate of drug-likeness (QED) is 0.808. The Balaban J connectivity index is 1.58. The van der Waals surface area contributed by atoms with Crippen molar-refractivity contribution in [3.63, 3.8) is 0 Å². The molecule has 1 saturated carbocycles. The van der Waals surface area contributed by atoms with Gasteiger partial charge in [-0.05, 0) is 43.9 Å². The molecule has 2 aliphatic rings. The van der Waals surface area contributed by atoms with Crippen LogP contribution >= 0.6 is 0 Å². The lowest BCUT2D eigenvalue weighted by Crippen LogP contribution is -2.50. The molecule has 0 aromatic heterocycles. The Morgan fingerprint density at radius 3 is 2.80 bits per heavy atom. The summed E-state index contributed by atoms with van der Waals surface area (Å²) in [5.74, 6) is -0.232. The van der Waals surface area contributed by atoms with Gasteiger partial charge in [0, 0.05) is 5.56 Å². The van der Waals surface area contributed by atoms with Crippen molar-refractivity contribution < 1.29 is 14.0 Å². The van der Waals surface area contributed by atoms with Crippen LogP contribution in [0.3, 0.4) is 0 Å². The molecule has 2 aromatic rings. The third-order valence-electron chi connectivity index (χ3n) is 5.44. The summed E-state index contributed by atoms with van der Waals surface area (Å²) < 4.78 is 19.7.